The number of fused-ring (bicyclic) bond motifs is 1. The minimum absolute atomic E-state index is 0.542. The van der Waals surface area contributed by atoms with Crippen molar-refractivity contribution in [1.82, 2.24) is 10.3 Å². The number of nitrogens with zero attached hydrogens (tertiary/aromatic N) is 1. The lowest BCUT2D eigenvalue weighted by Crippen LogP contribution is -2.27. The molecule has 0 aliphatic rings. The second-order valence-electron chi connectivity index (χ2n) is 5.89. The molecule has 0 aliphatic heterocycles. The number of rotatable bonds is 9. The van der Waals surface area contributed by atoms with Gasteiger partial charge in [0.15, 0.2) is 0 Å². The fourth-order valence-electron chi connectivity index (χ4n) is 2.82. The number of hydrogen-bond acceptors (Lipinski definition) is 2. The molecule has 1 aromatic carbocycles. The number of hydrogen-bond donors (Lipinski definition) is 1. The van der Waals surface area contributed by atoms with Crippen LogP contribution < -0.4 is 5.32 Å². The van der Waals surface area contributed by atoms with Crippen LogP contribution in [0.3, 0.4) is 0 Å². The van der Waals surface area contributed by atoms with Crippen molar-refractivity contribution in [3.8, 4) is 0 Å². The molecule has 0 aliphatic carbocycles. The van der Waals surface area contributed by atoms with E-state index in [1.807, 2.05) is 0 Å². The molecule has 1 heterocycles. The van der Waals surface area contributed by atoms with Gasteiger partial charge in [-0.3, -0.25) is 4.98 Å². The van der Waals surface area contributed by atoms with Crippen molar-refractivity contribution in [3.05, 3.63) is 42.1 Å². The van der Waals surface area contributed by atoms with Gasteiger partial charge in [0, 0.05) is 23.5 Å². The summed E-state index contributed by atoms with van der Waals surface area (Å²) >= 11 is 0. The molecule has 114 valence electrons. The molecule has 2 nitrogen and oxygen atoms in total. The van der Waals surface area contributed by atoms with Crippen LogP contribution in [-0.4, -0.2) is 18.1 Å². The van der Waals surface area contributed by atoms with E-state index in [-0.39, 0.29) is 0 Å². The minimum atomic E-state index is 0.542. The Morgan fingerprint density at radius 2 is 1.81 bits per heavy atom. The first-order chi connectivity index (χ1) is 10.3. The van der Waals surface area contributed by atoms with Crippen molar-refractivity contribution in [2.24, 2.45) is 0 Å². The Morgan fingerprint density at radius 1 is 1.00 bits per heavy atom. The molecule has 0 saturated heterocycles. The average molecular weight is 284 g/mol. The Labute approximate surface area is 129 Å². The number of likely N-dealkylation sites (N-methyl/N-ethyl adjacent to an activating group) is 1. The topological polar surface area (TPSA) is 24.9 Å². The number of benzene rings is 1. The van der Waals surface area contributed by atoms with Crippen LogP contribution >= 0.6 is 0 Å². The number of pyridine rings is 1. The fourth-order valence-corrected chi connectivity index (χ4v) is 2.82. The van der Waals surface area contributed by atoms with Gasteiger partial charge in [0.25, 0.3) is 0 Å². The van der Waals surface area contributed by atoms with Crippen LogP contribution in [0, 0.1) is 0 Å². The maximum atomic E-state index is 4.78. The van der Waals surface area contributed by atoms with Crippen LogP contribution in [0.2, 0.25) is 0 Å². The third kappa shape index (κ3) is 5.13. The Bertz CT molecular complexity index is 536. The third-order valence-electron chi connectivity index (χ3n) is 4.18. The molecule has 1 atom stereocenters. The van der Waals surface area contributed by atoms with Crippen LogP contribution in [0.25, 0.3) is 10.9 Å². The molecule has 2 aromatic rings. The van der Waals surface area contributed by atoms with Gasteiger partial charge in [-0.25, -0.2) is 0 Å². The third-order valence-corrected chi connectivity index (χ3v) is 4.18. The van der Waals surface area contributed by atoms with Gasteiger partial charge in [-0.1, -0.05) is 63.3 Å². The normalized spacial score (nSPS) is 12.7. The van der Waals surface area contributed by atoms with Gasteiger partial charge >= 0.3 is 0 Å². The van der Waals surface area contributed by atoms with Crippen LogP contribution in [-0.2, 0) is 6.42 Å². The van der Waals surface area contributed by atoms with Crippen LogP contribution in [0.4, 0.5) is 0 Å². The predicted octanol–water partition coefficient (Wildman–Crippen LogP) is 4.73. The number of unbranched alkanes of at least 4 members (excludes halogenated alkanes) is 4. The molecule has 0 radical (unpaired) electrons. The molecular formula is C19H28N2. The smallest absolute Gasteiger partial charge is 0.0705 e. The Balaban J connectivity index is 1.87. The molecule has 2 rings (SSSR count). The van der Waals surface area contributed by atoms with E-state index in [1.54, 1.807) is 0 Å². The zero-order valence-electron chi connectivity index (χ0n) is 13.4. The van der Waals surface area contributed by atoms with E-state index >= 15 is 0 Å². The van der Waals surface area contributed by atoms with E-state index in [1.165, 1.54) is 49.6 Å². The zero-order valence-corrected chi connectivity index (χ0v) is 13.4. The summed E-state index contributed by atoms with van der Waals surface area (Å²) in [6, 6.07) is 13.2. The van der Waals surface area contributed by atoms with Gasteiger partial charge in [-0.15, -0.1) is 0 Å². The number of nitrogens with one attached hydrogen (secondary N) is 1. The largest absolute Gasteiger partial charge is 0.317 e. The highest BCUT2D eigenvalue weighted by Crippen LogP contribution is 2.15. The van der Waals surface area contributed by atoms with Crippen molar-refractivity contribution in [2.75, 3.05) is 7.05 Å². The van der Waals surface area contributed by atoms with Crippen molar-refractivity contribution >= 4 is 10.9 Å². The standard InChI is InChI=1S/C19H28N2/c1-3-4-5-6-7-11-17(20-2)15-18-14-13-16-10-8-9-12-19(16)21-18/h8-10,12-14,17,20H,3-7,11,15H2,1-2H3. The average Bonchev–Trinajstić information content (AvgIpc) is 2.53. The summed E-state index contributed by atoms with van der Waals surface area (Å²) in [5.74, 6) is 0. The summed E-state index contributed by atoms with van der Waals surface area (Å²) < 4.78 is 0. The second kappa shape index (κ2) is 8.78. The van der Waals surface area contributed by atoms with Crippen molar-refractivity contribution < 1.29 is 0 Å². The number of para-hydroxylation sites is 1. The summed E-state index contributed by atoms with van der Waals surface area (Å²) in [6.45, 7) is 2.27. The first-order valence-corrected chi connectivity index (χ1v) is 8.35. The van der Waals surface area contributed by atoms with Gasteiger partial charge in [0.2, 0.25) is 0 Å². The molecule has 2 heteroatoms. The summed E-state index contributed by atoms with van der Waals surface area (Å²) in [5.41, 5.74) is 2.30. The van der Waals surface area contributed by atoms with Gasteiger partial charge in [0.1, 0.15) is 0 Å². The SMILES string of the molecule is CCCCCCCC(Cc1ccc2ccccc2n1)NC. The lowest BCUT2D eigenvalue weighted by molar-refractivity contribution is 0.479. The highest BCUT2D eigenvalue weighted by atomic mass is 14.9. The Morgan fingerprint density at radius 3 is 2.62 bits per heavy atom. The van der Waals surface area contributed by atoms with E-state index in [4.69, 9.17) is 4.98 Å². The van der Waals surface area contributed by atoms with E-state index in [0.29, 0.717) is 6.04 Å². The molecule has 0 spiro atoms. The van der Waals surface area contributed by atoms with E-state index in [9.17, 15) is 0 Å². The van der Waals surface area contributed by atoms with Crippen molar-refractivity contribution in [3.63, 3.8) is 0 Å². The van der Waals surface area contributed by atoms with Crippen LogP contribution in [0.5, 0.6) is 0 Å². The Kier molecular flexibility index (Phi) is 6.68. The maximum Gasteiger partial charge on any atom is 0.0705 e. The molecule has 21 heavy (non-hydrogen) atoms. The van der Waals surface area contributed by atoms with E-state index < -0.39 is 0 Å². The van der Waals surface area contributed by atoms with Crippen LogP contribution in [0.1, 0.15) is 51.1 Å². The molecule has 1 N–H and O–H groups in total. The first kappa shape index (κ1) is 16.0. The lowest BCUT2D eigenvalue weighted by atomic mass is 10.0. The predicted molar refractivity (Wildman–Crippen MR) is 91.7 cm³/mol. The summed E-state index contributed by atoms with van der Waals surface area (Å²) in [5, 5.41) is 4.67. The summed E-state index contributed by atoms with van der Waals surface area (Å²) in [7, 11) is 2.07. The summed E-state index contributed by atoms with van der Waals surface area (Å²) in [6.07, 6.45) is 9.01. The molecular weight excluding hydrogens is 256 g/mol. The molecule has 0 saturated carbocycles. The molecule has 1 aromatic heterocycles. The van der Waals surface area contributed by atoms with Gasteiger partial charge in [0.05, 0.1) is 5.52 Å². The molecule has 0 fully saturated rings. The van der Waals surface area contributed by atoms with E-state index in [2.05, 4.69) is 55.7 Å². The molecule has 1 unspecified atom stereocenters. The van der Waals surface area contributed by atoms with Crippen molar-refractivity contribution in [1.29, 1.82) is 0 Å². The fraction of sp³-hybridized carbons (Fsp3) is 0.526. The Hall–Kier alpha value is -1.41. The van der Waals surface area contributed by atoms with E-state index in [0.717, 1.165) is 11.9 Å². The van der Waals surface area contributed by atoms with Gasteiger partial charge < -0.3 is 5.32 Å². The van der Waals surface area contributed by atoms with Crippen molar-refractivity contribution in [2.45, 2.75) is 57.9 Å². The highest BCUT2D eigenvalue weighted by Gasteiger charge is 2.08. The monoisotopic (exact) mass is 284 g/mol. The lowest BCUT2D eigenvalue weighted by Gasteiger charge is -2.16. The van der Waals surface area contributed by atoms with Gasteiger partial charge in [-0.2, -0.15) is 0 Å². The quantitative estimate of drug-likeness (QED) is 0.674. The van der Waals surface area contributed by atoms with Crippen LogP contribution in [0.15, 0.2) is 36.4 Å². The second-order valence-corrected chi connectivity index (χ2v) is 5.89. The maximum absolute atomic E-state index is 4.78. The number of aromatic nitrogens is 1. The first-order valence-electron chi connectivity index (χ1n) is 8.35. The minimum Gasteiger partial charge on any atom is -0.317 e. The zero-order chi connectivity index (χ0) is 14.9. The highest BCUT2D eigenvalue weighted by molar-refractivity contribution is 5.78. The molecule has 0 bridgehead atoms. The summed E-state index contributed by atoms with van der Waals surface area (Å²) in [4.78, 5) is 4.78. The molecule has 0 amide bonds. The van der Waals surface area contributed by atoms with Gasteiger partial charge in [-0.05, 0) is 25.6 Å².